The number of esters is 1. The van der Waals surface area contributed by atoms with E-state index in [0.29, 0.717) is 12.3 Å². The first-order chi connectivity index (χ1) is 9.94. The Hall–Kier alpha value is -1.43. The minimum Gasteiger partial charge on any atom is -0.461 e. The van der Waals surface area contributed by atoms with Crippen LogP contribution in [-0.4, -0.2) is 29.5 Å². The number of ether oxygens (including phenoxy) is 1. The molecule has 0 saturated heterocycles. The summed E-state index contributed by atoms with van der Waals surface area (Å²) in [6.45, 7) is 6.41. The Morgan fingerprint density at radius 2 is 2.24 bits per heavy atom. The highest BCUT2D eigenvalue weighted by Crippen LogP contribution is 2.35. The van der Waals surface area contributed by atoms with E-state index in [-0.39, 0.29) is 22.4 Å². The summed E-state index contributed by atoms with van der Waals surface area (Å²) in [5.41, 5.74) is 0.401. The third kappa shape index (κ3) is 3.81. The van der Waals surface area contributed by atoms with Crippen LogP contribution in [0.3, 0.4) is 0 Å². The van der Waals surface area contributed by atoms with Crippen LogP contribution < -0.4 is 5.32 Å². The molecular weight excluding hydrogens is 288 g/mol. The van der Waals surface area contributed by atoms with E-state index in [2.05, 4.69) is 24.1 Å². The van der Waals surface area contributed by atoms with E-state index in [9.17, 15) is 9.59 Å². The molecule has 1 aromatic rings. The topological polar surface area (TPSA) is 68.3 Å². The summed E-state index contributed by atoms with van der Waals surface area (Å²) < 4.78 is 4.88. The molecule has 5 nitrogen and oxygen atoms in total. The molecule has 1 amide bonds. The van der Waals surface area contributed by atoms with Crippen molar-refractivity contribution in [2.45, 2.75) is 52.5 Å². The molecule has 1 heterocycles. The smallest absolute Gasteiger partial charge is 0.367 e. The number of hydrogen-bond donors (Lipinski definition) is 1. The summed E-state index contributed by atoms with van der Waals surface area (Å²) in [6.07, 6.45) is 4.46. The van der Waals surface area contributed by atoms with Crippen molar-refractivity contribution in [2.75, 3.05) is 6.61 Å². The van der Waals surface area contributed by atoms with Crippen LogP contribution in [0.25, 0.3) is 0 Å². The van der Waals surface area contributed by atoms with Crippen LogP contribution in [0, 0.1) is 5.41 Å². The number of carbonyl (C=O) groups excluding carboxylic acids is 2. The van der Waals surface area contributed by atoms with Crippen molar-refractivity contribution in [1.82, 2.24) is 10.3 Å². The van der Waals surface area contributed by atoms with Gasteiger partial charge in [0, 0.05) is 11.4 Å². The van der Waals surface area contributed by atoms with Crippen LogP contribution in [0.15, 0.2) is 5.38 Å². The Balaban J connectivity index is 2.02. The number of hydrogen-bond acceptors (Lipinski definition) is 5. The minimum atomic E-state index is -0.473. The van der Waals surface area contributed by atoms with E-state index in [1.165, 1.54) is 6.42 Å². The number of thiazole rings is 1. The van der Waals surface area contributed by atoms with Crippen molar-refractivity contribution >= 4 is 23.2 Å². The Bertz CT molecular complexity index is 525. The van der Waals surface area contributed by atoms with Crippen LogP contribution in [0.1, 0.15) is 66.7 Å². The Morgan fingerprint density at radius 1 is 1.48 bits per heavy atom. The molecule has 2 rings (SSSR count). The van der Waals surface area contributed by atoms with Crippen molar-refractivity contribution in [3.05, 3.63) is 16.1 Å². The van der Waals surface area contributed by atoms with Gasteiger partial charge in [-0.2, -0.15) is 0 Å². The van der Waals surface area contributed by atoms with Crippen LogP contribution in [0.2, 0.25) is 0 Å². The second-order valence-corrected chi connectivity index (χ2v) is 6.88. The second kappa shape index (κ2) is 6.56. The fourth-order valence-electron chi connectivity index (χ4n) is 2.66. The molecule has 0 radical (unpaired) electrons. The van der Waals surface area contributed by atoms with E-state index < -0.39 is 5.97 Å². The van der Waals surface area contributed by atoms with Gasteiger partial charge in [-0.3, -0.25) is 4.79 Å². The molecule has 0 bridgehead atoms. The zero-order valence-electron chi connectivity index (χ0n) is 12.8. The molecule has 1 unspecified atom stereocenters. The lowest BCUT2D eigenvalue weighted by Crippen LogP contribution is -2.46. The van der Waals surface area contributed by atoms with Crippen LogP contribution in [-0.2, 0) is 4.74 Å². The molecule has 0 aliphatic heterocycles. The number of rotatable bonds is 4. The van der Waals surface area contributed by atoms with Crippen LogP contribution >= 0.6 is 11.3 Å². The normalized spacial score (nSPS) is 20.8. The maximum absolute atomic E-state index is 12.3. The van der Waals surface area contributed by atoms with Gasteiger partial charge in [0.2, 0.25) is 5.01 Å². The third-order valence-corrected chi connectivity index (χ3v) is 4.82. The summed E-state index contributed by atoms with van der Waals surface area (Å²) in [4.78, 5) is 27.9. The zero-order chi connectivity index (χ0) is 15.5. The van der Waals surface area contributed by atoms with Crippen LogP contribution in [0.5, 0.6) is 0 Å². The zero-order valence-corrected chi connectivity index (χ0v) is 13.6. The van der Waals surface area contributed by atoms with Gasteiger partial charge in [-0.25, -0.2) is 9.78 Å². The van der Waals surface area contributed by atoms with E-state index in [1.54, 1.807) is 12.3 Å². The number of nitrogens with one attached hydrogen (secondary N) is 1. The molecule has 1 saturated carbocycles. The lowest BCUT2D eigenvalue weighted by molar-refractivity contribution is 0.0526. The van der Waals surface area contributed by atoms with E-state index in [4.69, 9.17) is 4.74 Å². The highest BCUT2D eigenvalue weighted by molar-refractivity contribution is 7.11. The van der Waals surface area contributed by atoms with Gasteiger partial charge in [-0.05, 0) is 25.2 Å². The molecule has 1 fully saturated rings. The first kappa shape index (κ1) is 15.9. The minimum absolute atomic E-state index is 0.105. The van der Waals surface area contributed by atoms with Gasteiger partial charge >= 0.3 is 5.97 Å². The van der Waals surface area contributed by atoms with Gasteiger partial charge < -0.3 is 10.1 Å². The molecule has 116 valence electrons. The standard InChI is InChI=1S/C15H22N2O3S/c1-4-20-14(19)13-16-10(9-21-13)12(18)17-11-7-5-6-8-15(11,2)3/h9,11H,4-8H2,1-3H3,(H,17,18). The molecule has 1 aliphatic rings. The van der Waals surface area contributed by atoms with E-state index in [1.807, 2.05) is 0 Å². The second-order valence-electron chi connectivity index (χ2n) is 6.02. The first-order valence-electron chi connectivity index (χ1n) is 7.37. The lowest BCUT2D eigenvalue weighted by Gasteiger charge is -2.38. The SMILES string of the molecule is CCOC(=O)c1nc(C(=O)NC2CCCCC2(C)C)cs1. The van der Waals surface area contributed by atoms with Gasteiger partial charge in [0.25, 0.3) is 5.91 Å². The molecule has 1 aliphatic carbocycles. The third-order valence-electron chi connectivity index (χ3n) is 4.00. The van der Waals surface area contributed by atoms with Gasteiger partial charge in [-0.15, -0.1) is 11.3 Å². The summed E-state index contributed by atoms with van der Waals surface area (Å²) in [5, 5.41) is 4.90. The number of nitrogens with zero attached hydrogens (tertiary/aromatic N) is 1. The maximum Gasteiger partial charge on any atom is 0.367 e. The van der Waals surface area contributed by atoms with Gasteiger partial charge in [-0.1, -0.05) is 26.7 Å². The fourth-order valence-corrected chi connectivity index (χ4v) is 3.35. The molecule has 1 aromatic heterocycles. The summed E-state index contributed by atoms with van der Waals surface area (Å²) in [5.74, 6) is -0.679. The average Bonchev–Trinajstić information content (AvgIpc) is 2.91. The van der Waals surface area contributed by atoms with Gasteiger partial charge in [0.05, 0.1) is 6.61 Å². The number of aromatic nitrogens is 1. The average molecular weight is 310 g/mol. The molecule has 0 aromatic carbocycles. The van der Waals surface area contributed by atoms with Crippen molar-refractivity contribution in [1.29, 1.82) is 0 Å². The maximum atomic E-state index is 12.3. The lowest BCUT2D eigenvalue weighted by atomic mass is 9.73. The number of carbonyl (C=O) groups is 2. The van der Waals surface area contributed by atoms with Crippen molar-refractivity contribution in [3.8, 4) is 0 Å². The molecule has 21 heavy (non-hydrogen) atoms. The predicted molar refractivity (Wildman–Crippen MR) is 81.6 cm³/mol. The molecule has 6 heteroatoms. The Morgan fingerprint density at radius 3 is 2.90 bits per heavy atom. The van der Waals surface area contributed by atoms with Gasteiger partial charge in [0.1, 0.15) is 5.69 Å². The van der Waals surface area contributed by atoms with Crippen molar-refractivity contribution in [2.24, 2.45) is 5.41 Å². The van der Waals surface area contributed by atoms with Crippen molar-refractivity contribution < 1.29 is 14.3 Å². The Labute approximate surface area is 129 Å². The first-order valence-corrected chi connectivity index (χ1v) is 8.25. The molecule has 1 N–H and O–H groups in total. The molecule has 0 spiro atoms. The van der Waals surface area contributed by atoms with Crippen molar-refractivity contribution in [3.63, 3.8) is 0 Å². The largest absolute Gasteiger partial charge is 0.461 e. The van der Waals surface area contributed by atoms with E-state index in [0.717, 1.165) is 30.6 Å². The summed E-state index contributed by atoms with van der Waals surface area (Å²) in [7, 11) is 0. The number of amides is 1. The van der Waals surface area contributed by atoms with Crippen LogP contribution in [0.4, 0.5) is 0 Å². The monoisotopic (exact) mass is 310 g/mol. The summed E-state index contributed by atoms with van der Waals surface area (Å²) >= 11 is 1.14. The summed E-state index contributed by atoms with van der Waals surface area (Å²) in [6, 6.07) is 0.159. The highest BCUT2D eigenvalue weighted by atomic mass is 32.1. The highest BCUT2D eigenvalue weighted by Gasteiger charge is 2.33. The Kier molecular flexibility index (Phi) is 4.98. The van der Waals surface area contributed by atoms with E-state index >= 15 is 0 Å². The quantitative estimate of drug-likeness (QED) is 0.868. The molecular formula is C15H22N2O3S. The molecule has 1 atom stereocenters. The fraction of sp³-hybridized carbons (Fsp3) is 0.667. The van der Waals surface area contributed by atoms with Gasteiger partial charge in [0.15, 0.2) is 0 Å². The predicted octanol–water partition coefficient (Wildman–Crippen LogP) is 3.02.